The van der Waals surface area contributed by atoms with Crippen LogP contribution in [0.4, 0.5) is 11.4 Å². The lowest BCUT2D eigenvalue weighted by Gasteiger charge is -2.41. The quantitative estimate of drug-likeness (QED) is 0.758. The molecule has 0 aromatic heterocycles. The second-order valence-corrected chi connectivity index (χ2v) is 9.38. The third kappa shape index (κ3) is 4.57. The highest BCUT2D eigenvalue weighted by Gasteiger charge is 2.27. The molecule has 2 aromatic rings. The van der Waals surface area contributed by atoms with Crippen LogP contribution < -0.4 is 9.73 Å². The fourth-order valence-corrected chi connectivity index (χ4v) is 4.62. The molecule has 0 amide bonds. The first-order valence-electron chi connectivity index (χ1n) is 9.09. The van der Waals surface area contributed by atoms with Gasteiger partial charge in [0.05, 0.1) is 21.6 Å². The minimum Gasteiger partial charge on any atom is -0.308 e. The number of hydrogen-bond donors (Lipinski definition) is 1. The lowest BCUT2D eigenvalue weighted by atomic mass is 9.99. The largest absolute Gasteiger partial charge is 0.308 e. The van der Waals surface area contributed by atoms with E-state index >= 15 is 0 Å². The average molecular weight is 408 g/mol. The Morgan fingerprint density at radius 3 is 2.56 bits per heavy atom. The minimum absolute atomic E-state index is 0.112. The molecule has 0 saturated carbocycles. The highest BCUT2D eigenvalue weighted by Crippen LogP contribution is 2.29. The first-order valence-corrected chi connectivity index (χ1v) is 11.0. The summed E-state index contributed by atoms with van der Waals surface area (Å²) < 4.78 is 27.9. The van der Waals surface area contributed by atoms with Gasteiger partial charge >= 0.3 is 0 Å². The Morgan fingerprint density at radius 2 is 1.89 bits per heavy atom. The SMILES string of the molecule is Cc1ccc(NS(=O)(=O)c2ccccc2)cc1N(C)N1CCC(C)C(Cl)C1. The third-order valence-corrected chi connectivity index (χ3v) is 7.10. The molecule has 7 heteroatoms. The molecule has 1 heterocycles. The van der Waals surface area contributed by atoms with Crippen LogP contribution in [-0.4, -0.2) is 38.9 Å². The van der Waals surface area contributed by atoms with Crippen LogP contribution in [0.25, 0.3) is 0 Å². The zero-order chi connectivity index (χ0) is 19.6. The van der Waals surface area contributed by atoms with Gasteiger partial charge in [-0.05, 0) is 49.1 Å². The fraction of sp³-hybridized carbons (Fsp3) is 0.400. The number of hydrazine groups is 1. The number of anilines is 2. The summed E-state index contributed by atoms with van der Waals surface area (Å²) in [5.41, 5.74) is 2.57. The van der Waals surface area contributed by atoms with Crippen LogP contribution >= 0.6 is 11.6 Å². The van der Waals surface area contributed by atoms with Crippen LogP contribution in [-0.2, 0) is 10.0 Å². The van der Waals surface area contributed by atoms with Crippen molar-refractivity contribution in [2.24, 2.45) is 5.92 Å². The van der Waals surface area contributed by atoms with Gasteiger partial charge < -0.3 is 5.01 Å². The standard InChI is InChI=1S/C20H26ClN3O2S/c1-15-11-12-24(14-19(15)21)23(3)20-13-17(10-9-16(20)2)22-27(25,26)18-7-5-4-6-8-18/h4-10,13,15,19,22H,11-12,14H2,1-3H3. The number of sulfonamides is 1. The molecule has 1 fully saturated rings. The van der Waals surface area contributed by atoms with Crippen LogP contribution in [0.15, 0.2) is 53.4 Å². The Morgan fingerprint density at radius 1 is 1.19 bits per heavy atom. The van der Waals surface area contributed by atoms with Crippen LogP contribution in [0.1, 0.15) is 18.9 Å². The second kappa shape index (κ2) is 8.09. The molecule has 0 radical (unpaired) electrons. The van der Waals surface area contributed by atoms with Crippen molar-refractivity contribution < 1.29 is 8.42 Å². The summed E-state index contributed by atoms with van der Waals surface area (Å²) in [5, 5.41) is 4.41. The van der Waals surface area contributed by atoms with E-state index in [2.05, 4.69) is 21.7 Å². The van der Waals surface area contributed by atoms with E-state index in [0.717, 1.165) is 30.8 Å². The zero-order valence-corrected chi connectivity index (χ0v) is 17.5. The average Bonchev–Trinajstić information content (AvgIpc) is 2.65. The molecule has 2 unspecified atom stereocenters. The van der Waals surface area contributed by atoms with Gasteiger partial charge in [0.15, 0.2) is 0 Å². The molecule has 3 rings (SSSR count). The molecular weight excluding hydrogens is 382 g/mol. The summed E-state index contributed by atoms with van der Waals surface area (Å²) in [6, 6.07) is 14.0. The maximum absolute atomic E-state index is 12.6. The van der Waals surface area contributed by atoms with Gasteiger partial charge in [0.25, 0.3) is 10.0 Å². The fourth-order valence-electron chi connectivity index (χ4n) is 3.27. The number of nitrogens with zero attached hydrogens (tertiary/aromatic N) is 2. The molecule has 0 bridgehead atoms. The number of rotatable bonds is 5. The molecule has 2 atom stereocenters. The van der Waals surface area contributed by atoms with E-state index in [-0.39, 0.29) is 10.3 Å². The van der Waals surface area contributed by atoms with Gasteiger partial charge in [-0.3, -0.25) is 4.72 Å². The maximum atomic E-state index is 12.6. The molecule has 0 spiro atoms. The summed E-state index contributed by atoms with van der Waals surface area (Å²) in [6.45, 7) is 5.91. The van der Waals surface area contributed by atoms with Gasteiger partial charge in [-0.2, -0.15) is 0 Å². The molecule has 2 aromatic carbocycles. The highest BCUT2D eigenvalue weighted by molar-refractivity contribution is 7.92. The Kier molecular flexibility index (Phi) is 5.99. The Hall–Kier alpha value is -1.76. The van der Waals surface area contributed by atoms with Crippen molar-refractivity contribution in [1.82, 2.24) is 5.01 Å². The van der Waals surface area contributed by atoms with E-state index in [1.807, 2.05) is 26.1 Å². The molecule has 146 valence electrons. The van der Waals surface area contributed by atoms with Gasteiger partial charge in [-0.25, -0.2) is 13.4 Å². The third-order valence-electron chi connectivity index (χ3n) is 5.13. The summed E-state index contributed by atoms with van der Waals surface area (Å²) >= 11 is 6.46. The van der Waals surface area contributed by atoms with Gasteiger partial charge in [-0.15, -0.1) is 11.6 Å². The van der Waals surface area contributed by atoms with Crippen molar-refractivity contribution >= 4 is 33.0 Å². The van der Waals surface area contributed by atoms with E-state index in [4.69, 9.17) is 11.6 Å². The molecule has 1 aliphatic rings. The predicted molar refractivity (Wildman–Crippen MR) is 112 cm³/mol. The normalized spacial score (nSPS) is 21.0. The summed E-state index contributed by atoms with van der Waals surface area (Å²) in [4.78, 5) is 0.246. The van der Waals surface area contributed by atoms with Crippen molar-refractivity contribution in [3.63, 3.8) is 0 Å². The van der Waals surface area contributed by atoms with Gasteiger partial charge in [0.2, 0.25) is 0 Å². The molecule has 1 saturated heterocycles. The van der Waals surface area contributed by atoms with Crippen LogP contribution in [0.2, 0.25) is 0 Å². The number of halogens is 1. The van der Waals surface area contributed by atoms with E-state index < -0.39 is 10.0 Å². The van der Waals surface area contributed by atoms with E-state index in [0.29, 0.717) is 11.6 Å². The molecule has 1 N–H and O–H groups in total. The predicted octanol–water partition coefficient (Wildman–Crippen LogP) is 4.10. The summed E-state index contributed by atoms with van der Waals surface area (Å²) in [6.07, 6.45) is 1.04. The molecule has 1 aliphatic heterocycles. The Labute approximate surface area is 167 Å². The van der Waals surface area contributed by atoms with Crippen LogP contribution in [0.3, 0.4) is 0 Å². The molecule has 5 nitrogen and oxygen atoms in total. The van der Waals surface area contributed by atoms with Crippen molar-refractivity contribution in [2.45, 2.75) is 30.5 Å². The Bertz CT molecular complexity index is 889. The van der Waals surface area contributed by atoms with Crippen molar-refractivity contribution in [3.05, 3.63) is 54.1 Å². The second-order valence-electron chi connectivity index (χ2n) is 7.14. The molecule has 0 aliphatic carbocycles. The lowest BCUT2D eigenvalue weighted by Crippen LogP contribution is -2.49. The number of piperidine rings is 1. The molecular formula is C20H26ClN3O2S. The smallest absolute Gasteiger partial charge is 0.261 e. The first kappa shape index (κ1) is 20.0. The maximum Gasteiger partial charge on any atom is 0.261 e. The number of alkyl halides is 1. The summed E-state index contributed by atoms with van der Waals surface area (Å²) in [5.74, 6) is 0.501. The van der Waals surface area contributed by atoms with E-state index in [1.165, 1.54) is 0 Å². The summed E-state index contributed by atoms with van der Waals surface area (Å²) in [7, 11) is -1.62. The van der Waals surface area contributed by atoms with E-state index in [1.54, 1.807) is 36.4 Å². The Balaban J connectivity index is 1.82. The topological polar surface area (TPSA) is 52.7 Å². The van der Waals surface area contributed by atoms with Gasteiger partial charge in [0, 0.05) is 20.1 Å². The van der Waals surface area contributed by atoms with Crippen molar-refractivity contribution in [2.75, 3.05) is 29.9 Å². The number of benzene rings is 2. The van der Waals surface area contributed by atoms with Crippen molar-refractivity contribution in [1.29, 1.82) is 0 Å². The number of hydrogen-bond acceptors (Lipinski definition) is 4. The minimum atomic E-state index is -3.61. The van der Waals surface area contributed by atoms with E-state index in [9.17, 15) is 8.42 Å². The van der Waals surface area contributed by atoms with Crippen molar-refractivity contribution in [3.8, 4) is 0 Å². The number of aryl methyl sites for hydroxylation is 1. The first-order chi connectivity index (χ1) is 12.8. The monoisotopic (exact) mass is 407 g/mol. The number of nitrogens with one attached hydrogen (secondary N) is 1. The highest BCUT2D eigenvalue weighted by atomic mass is 35.5. The van der Waals surface area contributed by atoms with Crippen LogP contribution in [0, 0.1) is 12.8 Å². The lowest BCUT2D eigenvalue weighted by molar-refractivity contribution is 0.189. The zero-order valence-electron chi connectivity index (χ0n) is 15.9. The van der Waals surface area contributed by atoms with Gasteiger partial charge in [0.1, 0.15) is 0 Å². The molecule has 27 heavy (non-hydrogen) atoms. The van der Waals surface area contributed by atoms with Gasteiger partial charge in [-0.1, -0.05) is 31.2 Å². The van der Waals surface area contributed by atoms with Crippen LogP contribution in [0.5, 0.6) is 0 Å².